The minimum atomic E-state index is 0.256. The van der Waals surface area contributed by atoms with E-state index >= 15 is 0 Å². The topological polar surface area (TPSA) is 44.5 Å². The van der Waals surface area contributed by atoms with Crippen LogP contribution in [0.5, 0.6) is 11.5 Å². The van der Waals surface area contributed by atoms with Gasteiger partial charge in [-0.05, 0) is 49.3 Å². The van der Waals surface area contributed by atoms with E-state index in [-0.39, 0.29) is 4.75 Å². The summed E-state index contributed by atoms with van der Waals surface area (Å²) in [6.45, 7) is 1.49. The van der Waals surface area contributed by atoms with Crippen molar-refractivity contribution in [2.24, 2.45) is 5.73 Å². The molecule has 0 saturated carbocycles. The van der Waals surface area contributed by atoms with Gasteiger partial charge in [0, 0.05) is 11.3 Å². The molecule has 1 saturated heterocycles. The van der Waals surface area contributed by atoms with Crippen LogP contribution in [0.3, 0.4) is 0 Å². The molecule has 1 unspecified atom stereocenters. The number of hydrogen-bond acceptors (Lipinski definition) is 4. The van der Waals surface area contributed by atoms with Crippen LogP contribution in [-0.2, 0) is 0 Å². The Kier molecular flexibility index (Phi) is 4.78. The van der Waals surface area contributed by atoms with Crippen LogP contribution in [0, 0.1) is 0 Å². The summed E-state index contributed by atoms with van der Waals surface area (Å²) in [5, 5.41) is 0. The molecule has 100 valence electrons. The summed E-state index contributed by atoms with van der Waals surface area (Å²) in [6, 6.07) is 7.71. The Labute approximate surface area is 113 Å². The predicted octanol–water partition coefficient (Wildman–Crippen LogP) is 2.69. The molecule has 1 atom stereocenters. The Morgan fingerprint density at radius 1 is 1.28 bits per heavy atom. The first-order valence-electron chi connectivity index (χ1n) is 6.39. The Hall–Kier alpha value is -0.870. The monoisotopic (exact) mass is 267 g/mol. The molecule has 18 heavy (non-hydrogen) atoms. The van der Waals surface area contributed by atoms with Crippen molar-refractivity contribution in [3.8, 4) is 11.5 Å². The molecule has 4 heteroatoms. The molecule has 1 aromatic carbocycles. The molecule has 3 nitrogen and oxygen atoms in total. The van der Waals surface area contributed by atoms with Crippen molar-refractivity contribution in [3.05, 3.63) is 24.3 Å². The Morgan fingerprint density at radius 2 is 2.00 bits per heavy atom. The molecule has 1 heterocycles. The SMILES string of the molecule is COc1ccc(OCCC2(CN)CCCS2)cc1. The van der Waals surface area contributed by atoms with E-state index in [1.807, 2.05) is 36.0 Å². The fraction of sp³-hybridized carbons (Fsp3) is 0.571. The number of benzene rings is 1. The molecule has 0 radical (unpaired) electrons. The molecule has 0 spiro atoms. The van der Waals surface area contributed by atoms with Crippen LogP contribution in [0.2, 0.25) is 0 Å². The zero-order valence-corrected chi connectivity index (χ0v) is 11.7. The smallest absolute Gasteiger partial charge is 0.119 e. The molecule has 0 bridgehead atoms. The summed E-state index contributed by atoms with van der Waals surface area (Å²) in [6.07, 6.45) is 3.53. The maximum Gasteiger partial charge on any atom is 0.119 e. The van der Waals surface area contributed by atoms with Crippen molar-refractivity contribution < 1.29 is 9.47 Å². The molecular weight excluding hydrogens is 246 g/mol. The van der Waals surface area contributed by atoms with Gasteiger partial charge in [-0.2, -0.15) is 11.8 Å². The lowest BCUT2D eigenvalue weighted by atomic mass is 10.00. The lowest BCUT2D eigenvalue weighted by Gasteiger charge is -2.26. The van der Waals surface area contributed by atoms with Crippen molar-refractivity contribution in [1.82, 2.24) is 0 Å². The molecule has 0 aliphatic carbocycles. The fourth-order valence-corrected chi connectivity index (χ4v) is 3.60. The lowest BCUT2D eigenvalue weighted by Crippen LogP contribution is -2.33. The summed E-state index contributed by atoms with van der Waals surface area (Å²) in [5.41, 5.74) is 5.89. The Morgan fingerprint density at radius 3 is 2.56 bits per heavy atom. The third-order valence-corrected chi connectivity index (χ3v) is 5.12. The van der Waals surface area contributed by atoms with E-state index in [4.69, 9.17) is 15.2 Å². The van der Waals surface area contributed by atoms with Crippen molar-refractivity contribution in [2.45, 2.75) is 24.0 Å². The summed E-state index contributed by atoms with van der Waals surface area (Å²) >= 11 is 2.01. The Balaban J connectivity index is 1.80. The zero-order chi connectivity index (χ0) is 12.8. The van der Waals surface area contributed by atoms with Gasteiger partial charge in [0.25, 0.3) is 0 Å². The minimum absolute atomic E-state index is 0.256. The summed E-state index contributed by atoms with van der Waals surface area (Å²) < 4.78 is 11.1. The number of hydrogen-bond donors (Lipinski definition) is 1. The molecule has 1 aliphatic heterocycles. The summed E-state index contributed by atoms with van der Waals surface area (Å²) in [5.74, 6) is 2.98. The third-order valence-electron chi connectivity index (χ3n) is 3.44. The van der Waals surface area contributed by atoms with Crippen LogP contribution < -0.4 is 15.2 Å². The standard InChI is InChI=1S/C14H21NO2S/c1-16-12-3-5-13(6-4-12)17-9-8-14(11-15)7-2-10-18-14/h3-6H,2,7-11,15H2,1H3. The Bertz CT molecular complexity index is 361. The van der Waals surface area contributed by atoms with E-state index in [2.05, 4.69) is 0 Å². The molecule has 1 aliphatic rings. The van der Waals surface area contributed by atoms with Crippen LogP contribution in [0.25, 0.3) is 0 Å². The molecule has 2 N–H and O–H groups in total. The quantitative estimate of drug-likeness (QED) is 0.860. The van der Waals surface area contributed by atoms with Gasteiger partial charge in [0.1, 0.15) is 11.5 Å². The largest absolute Gasteiger partial charge is 0.497 e. The van der Waals surface area contributed by atoms with Crippen LogP contribution in [-0.4, -0.2) is 30.8 Å². The van der Waals surface area contributed by atoms with Gasteiger partial charge in [-0.25, -0.2) is 0 Å². The highest BCUT2D eigenvalue weighted by Gasteiger charge is 2.32. The molecule has 0 amide bonds. The van der Waals surface area contributed by atoms with Crippen LogP contribution in [0.1, 0.15) is 19.3 Å². The highest BCUT2D eigenvalue weighted by atomic mass is 32.2. The first-order valence-corrected chi connectivity index (χ1v) is 7.37. The highest BCUT2D eigenvalue weighted by Crippen LogP contribution is 2.40. The van der Waals surface area contributed by atoms with E-state index in [0.717, 1.165) is 31.1 Å². The van der Waals surface area contributed by atoms with Crippen LogP contribution >= 0.6 is 11.8 Å². The van der Waals surface area contributed by atoms with Gasteiger partial charge in [-0.3, -0.25) is 0 Å². The summed E-state index contributed by atoms with van der Waals surface area (Å²) in [4.78, 5) is 0. The van der Waals surface area contributed by atoms with Gasteiger partial charge in [0.2, 0.25) is 0 Å². The zero-order valence-electron chi connectivity index (χ0n) is 10.9. The summed E-state index contributed by atoms with van der Waals surface area (Å²) in [7, 11) is 1.66. The van der Waals surface area contributed by atoms with Gasteiger partial charge in [0.15, 0.2) is 0 Å². The van der Waals surface area contributed by atoms with Crippen molar-refractivity contribution in [1.29, 1.82) is 0 Å². The fourth-order valence-electron chi connectivity index (χ4n) is 2.24. The van der Waals surface area contributed by atoms with Gasteiger partial charge >= 0.3 is 0 Å². The minimum Gasteiger partial charge on any atom is -0.497 e. The van der Waals surface area contributed by atoms with Crippen molar-refractivity contribution in [3.63, 3.8) is 0 Å². The first kappa shape index (κ1) is 13.6. The van der Waals surface area contributed by atoms with E-state index in [1.165, 1.54) is 18.6 Å². The third kappa shape index (κ3) is 3.33. The van der Waals surface area contributed by atoms with E-state index in [1.54, 1.807) is 7.11 Å². The number of rotatable bonds is 6. The molecular formula is C14H21NO2S. The maximum atomic E-state index is 5.89. The highest BCUT2D eigenvalue weighted by molar-refractivity contribution is 8.00. The first-order chi connectivity index (χ1) is 8.78. The van der Waals surface area contributed by atoms with E-state index in [0.29, 0.717) is 0 Å². The van der Waals surface area contributed by atoms with Gasteiger partial charge < -0.3 is 15.2 Å². The van der Waals surface area contributed by atoms with Gasteiger partial charge in [0.05, 0.1) is 13.7 Å². The maximum absolute atomic E-state index is 5.89. The second kappa shape index (κ2) is 6.34. The number of nitrogens with two attached hydrogens (primary N) is 1. The van der Waals surface area contributed by atoms with E-state index < -0.39 is 0 Å². The lowest BCUT2D eigenvalue weighted by molar-refractivity contribution is 0.287. The molecule has 1 fully saturated rings. The van der Waals surface area contributed by atoms with Crippen LogP contribution in [0.4, 0.5) is 0 Å². The predicted molar refractivity (Wildman–Crippen MR) is 76.6 cm³/mol. The normalized spacial score (nSPS) is 23.0. The van der Waals surface area contributed by atoms with Gasteiger partial charge in [-0.1, -0.05) is 0 Å². The second-order valence-electron chi connectivity index (χ2n) is 4.61. The van der Waals surface area contributed by atoms with E-state index in [9.17, 15) is 0 Å². The molecule has 0 aromatic heterocycles. The van der Waals surface area contributed by atoms with Crippen molar-refractivity contribution in [2.75, 3.05) is 26.0 Å². The molecule has 1 aromatic rings. The van der Waals surface area contributed by atoms with Crippen molar-refractivity contribution >= 4 is 11.8 Å². The van der Waals surface area contributed by atoms with Crippen LogP contribution in [0.15, 0.2) is 24.3 Å². The molecule has 2 rings (SSSR count). The number of thioether (sulfide) groups is 1. The second-order valence-corrected chi connectivity index (χ2v) is 6.18. The van der Waals surface area contributed by atoms with Gasteiger partial charge in [-0.15, -0.1) is 0 Å². The number of methoxy groups -OCH3 is 1. The average molecular weight is 267 g/mol. The average Bonchev–Trinajstić information content (AvgIpc) is 2.89. The number of ether oxygens (including phenoxy) is 2.